The van der Waals surface area contributed by atoms with Crippen LogP contribution in [0.3, 0.4) is 0 Å². The first-order valence-corrected chi connectivity index (χ1v) is 5.88. The molecule has 0 saturated heterocycles. The van der Waals surface area contributed by atoms with Crippen molar-refractivity contribution in [1.82, 2.24) is 4.90 Å². The van der Waals surface area contributed by atoms with Gasteiger partial charge >= 0.3 is 0 Å². The molecule has 0 unspecified atom stereocenters. The van der Waals surface area contributed by atoms with Gasteiger partial charge in [-0.05, 0) is 5.56 Å². The van der Waals surface area contributed by atoms with Gasteiger partial charge in [0.1, 0.15) is 0 Å². The Morgan fingerprint density at radius 1 is 1.33 bits per heavy atom. The molecule has 0 spiro atoms. The predicted molar refractivity (Wildman–Crippen MR) is 62.7 cm³/mol. The zero-order valence-electron chi connectivity index (χ0n) is 8.40. The minimum Gasteiger partial charge on any atom is -0.395 e. The summed E-state index contributed by atoms with van der Waals surface area (Å²) in [6, 6.07) is 9.74. The third-order valence-electron chi connectivity index (χ3n) is 2.05. The molecule has 0 atom stereocenters. The minimum absolute atomic E-state index is 0.00657. The van der Waals surface area contributed by atoms with Crippen molar-refractivity contribution in [3.8, 4) is 0 Å². The van der Waals surface area contributed by atoms with Gasteiger partial charge in [-0.2, -0.15) is 0 Å². The Balaban J connectivity index is 2.62. The van der Waals surface area contributed by atoms with Crippen LogP contribution in [0.5, 0.6) is 0 Å². The van der Waals surface area contributed by atoms with E-state index in [-0.39, 0.29) is 12.5 Å². The maximum absolute atomic E-state index is 11.5. The summed E-state index contributed by atoms with van der Waals surface area (Å²) in [6.45, 7) is 0.913. The molecule has 1 aromatic carbocycles. The van der Waals surface area contributed by atoms with Crippen molar-refractivity contribution in [2.24, 2.45) is 0 Å². The number of amides is 1. The van der Waals surface area contributed by atoms with Crippen molar-refractivity contribution in [3.63, 3.8) is 0 Å². The molecule has 1 N–H and O–H groups in total. The average Bonchev–Trinajstić information content (AvgIpc) is 2.29. The van der Waals surface area contributed by atoms with E-state index < -0.39 is 0 Å². The Morgan fingerprint density at radius 3 is 2.53 bits per heavy atom. The molecule has 3 nitrogen and oxygen atoms in total. The summed E-state index contributed by atoms with van der Waals surface area (Å²) in [4.78, 5) is 13.1. The maximum atomic E-state index is 11.5. The fraction of sp³-hybridized carbons (Fsp3) is 0.364. The average molecular weight is 272 g/mol. The molecule has 0 aliphatic heterocycles. The molecule has 0 heterocycles. The van der Waals surface area contributed by atoms with Crippen LogP contribution in [-0.2, 0) is 11.3 Å². The highest BCUT2D eigenvalue weighted by Gasteiger charge is 2.11. The summed E-state index contributed by atoms with van der Waals surface area (Å²) in [5, 5.41) is 9.14. The lowest BCUT2D eigenvalue weighted by molar-refractivity contribution is -0.129. The Morgan fingerprint density at radius 2 is 2.00 bits per heavy atom. The molecule has 1 aromatic rings. The number of nitrogens with zero attached hydrogens (tertiary/aromatic N) is 1. The molecule has 4 heteroatoms. The number of carbonyl (C=O) groups excluding carboxylic acids is 1. The number of hydrogen-bond donors (Lipinski definition) is 1. The van der Waals surface area contributed by atoms with Gasteiger partial charge in [0.05, 0.1) is 11.9 Å². The van der Waals surface area contributed by atoms with E-state index in [4.69, 9.17) is 5.11 Å². The van der Waals surface area contributed by atoms with Gasteiger partial charge in [-0.1, -0.05) is 46.3 Å². The lowest BCUT2D eigenvalue weighted by atomic mass is 10.2. The molecular weight excluding hydrogens is 258 g/mol. The number of hydrogen-bond acceptors (Lipinski definition) is 2. The minimum atomic E-state index is -0.00836. The zero-order valence-corrected chi connectivity index (χ0v) is 9.98. The summed E-state index contributed by atoms with van der Waals surface area (Å²) in [5.74, 6) is -0.00657. The summed E-state index contributed by atoms with van der Waals surface area (Å²) < 4.78 is 0. The number of alkyl halides is 1. The molecule has 0 aliphatic carbocycles. The SMILES string of the molecule is O=C(CBr)N(CCO)Cc1ccccc1. The summed E-state index contributed by atoms with van der Waals surface area (Å²) in [7, 11) is 0. The first-order valence-electron chi connectivity index (χ1n) is 4.76. The number of rotatable bonds is 5. The maximum Gasteiger partial charge on any atom is 0.233 e. The fourth-order valence-corrected chi connectivity index (χ4v) is 1.66. The number of halogens is 1. The van der Waals surface area contributed by atoms with Gasteiger partial charge in [0.25, 0.3) is 0 Å². The van der Waals surface area contributed by atoms with Gasteiger partial charge in [-0.3, -0.25) is 4.79 Å². The molecule has 15 heavy (non-hydrogen) atoms. The number of aliphatic hydroxyl groups is 1. The van der Waals surface area contributed by atoms with Crippen molar-refractivity contribution >= 4 is 21.8 Å². The number of benzene rings is 1. The Hall–Kier alpha value is -0.870. The number of aliphatic hydroxyl groups excluding tert-OH is 1. The van der Waals surface area contributed by atoms with Gasteiger partial charge in [0.15, 0.2) is 0 Å². The topological polar surface area (TPSA) is 40.5 Å². The molecule has 0 fully saturated rings. The lowest BCUT2D eigenvalue weighted by Crippen LogP contribution is -2.33. The van der Waals surface area contributed by atoms with E-state index in [0.29, 0.717) is 18.4 Å². The zero-order chi connectivity index (χ0) is 11.1. The molecule has 1 amide bonds. The van der Waals surface area contributed by atoms with Crippen molar-refractivity contribution in [3.05, 3.63) is 35.9 Å². The highest BCUT2D eigenvalue weighted by atomic mass is 79.9. The second-order valence-corrected chi connectivity index (χ2v) is 3.72. The second-order valence-electron chi connectivity index (χ2n) is 3.16. The van der Waals surface area contributed by atoms with Gasteiger partial charge in [-0.25, -0.2) is 0 Å². The Kier molecular flexibility index (Phi) is 5.36. The number of carbonyl (C=O) groups is 1. The Bertz CT molecular complexity index is 303. The standard InChI is InChI=1S/C11H14BrNO2/c12-8-11(15)13(6-7-14)9-10-4-2-1-3-5-10/h1-5,14H,6-9H2. The van der Waals surface area contributed by atoms with Crippen LogP contribution in [0.4, 0.5) is 0 Å². The first kappa shape index (κ1) is 12.2. The van der Waals surface area contributed by atoms with E-state index in [1.54, 1.807) is 4.90 Å². The smallest absolute Gasteiger partial charge is 0.233 e. The van der Waals surface area contributed by atoms with Crippen LogP contribution in [0, 0.1) is 0 Å². The third-order valence-corrected chi connectivity index (χ3v) is 2.53. The quantitative estimate of drug-likeness (QED) is 0.823. The predicted octanol–water partition coefficient (Wildman–Crippen LogP) is 1.40. The molecule has 0 aromatic heterocycles. The molecule has 0 radical (unpaired) electrons. The van der Waals surface area contributed by atoms with Crippen LogP contribution in [0.15, 0.2) is 30.3 Å². The third kappa shape index (κ3) is 4.01. The molecular formula is C11H14BrNO2. The lowest BCUT2D eigenvalue weighted by Gasteiger charge is -2.20. The largest absolute Gasteiger partial charge is 0.395 e. The second kappa shape index (κ2) is 6.58. The first-order chi connectivity index (χ1) is 7.27. The van der Waals surface area contributed by atoms with Crippen molar-refractivity contribution < 1.29 is 9.90 Å². The summed E-state index contributed by atoms with van der Waals surface area (Å²) >= 11 is 3.13. The van der Waals surface area contributed by atoms with Crippen LogP contribution in [0.2, 0.25) is 0 Å². The summed E-state index contributed by atoms with van der Waals surface area (Å²) in [6.07, 6.45) is 0. The van der Waals surface area contributed by atoms with Gasteiger partial charge in [0.2, 0.25) is 5.91 Å². The Labute approximate surface area is 97.8 Å². The van der Waals surface area contributed by atoms with Crippen LogP contribution in [0.25, 0.3) is 0 Å². The molecule has 82 valence electrons. The van der Waals surface area contributed by atoms with E-state index >= 15 is 0 Å². The highest BCUT2D eigenvalue weighted by Crippen LogP contribution is 2.05. The van der Waals surface area contributed by atoms with Crippen molar-refractivity contribution in [1.29, 1.82) is 0 Å². The van der Waals surface area contributed by atoms with E-state index in [0.717, 1.165) is 5.56 Å². The van der Waals surface area contributed by atoms with Crippen LogP contribution < -0.4 is 0 Å². The van der Waals surface area contributed by atoms with Gasteiger partial charge in [0, 0.05) is 13.1 Å². The van der Waals surface area contributed by atoms with Gasteiger partial charge < -0.3 is 10.0 Å². The normalized spacial score (nSPS) is 10.0. The highest BCUT2D eigenvalue weighted by molar-refractivity contribution is 9.09. The van der Waals surface area contributed by atoms with E-state index in [9.17, 15) is 4.79 Å². The molecule has 1 rings (SSSR count). The van der Waals surface area contributed by atoms with Crippen molar-refractivity contribution in [2.45, 2.75) is 6.54 Å². The monoisotopic (exact) mass is 271 g/mol. The fourth-order valence-electron chi connectivity index (χ4n) is 1.30. The van der Waals surface area contributed by atoms with E-state index in [1.165, 1.54) is 0 Å². The summed E-state index contributed by atoms with van der Waals surface area (Å²) in [5.41, 5.74) is 1.07. The molecule has 0 bridgehead atoms. The van der Waals surface area contributed by atoms with Crippen LogP contribution >= 0.6 is 15.9 Å². The van der Waals surface area contributed by atoms with E-state index in [1.807, 2.05) is 30.3 Å². The van der Waals surface area contributed by atoms with Crippen LogP contribution in [-0.4, -0.2) is 34.4 Å². The molecule has 0 saturated carbocycles. The van der Waals surface area contributed by atoms with Crippen molar-refractivity contribution in [2.75, 3.05) is 18.5 Å². The molecule has 0 aliphatic rings. The van der Waals surface area contributed by atoms with Gasteiger partial charge in [-0.15, -0.1) is 0 Å². The van der Waals surface area contributed by atoms with Crippen LogP contribution in [0.1, 0.15) is 5.56 Å². The van der Waals surface area contributed by atoms with E-state index in [2.05, 4.69) is 15.9 Å².